The first-order chi connectivity index (χ1) is 8.72. The monoisotopic (exact) mass is 243 g/mol. The van der Waals surface area contributed by atoms with Crippen LogP contribution >= 0.6 is 0 Å². The largest absolute Gasteiger partial charge is 0.372 e. The highest BCUT2D eigenvalue weighted by Gasteiger charge is 2.16. The van der Waals surface area contributed by atoms with Crippen molar-refractivity contribution in [2.75, 3.05) is 24.3 Å². The molecule has 18 heavy (non-hydrogen) atoms. The molecule has 0 aliphatic rings. The molecule has 1 amide bonds. The lowest BCUT2D eigenvalue weighted by Gasteiger charge is -2.15. The summed E-state index contributed by atoms with van der Waals surface area (Å²) in [5.41, 5.74) is 0.273. The average molecular weight is 243 g/mol. The molecule has 0 spiro atoms. The molecule has 2 aromatic heterocycles. The Morgan fingerprint density at radius 3 is 2.83 bits per heavy atom. The number of rotatable bonds is 3. The summed E-state index contributed by atoms with van der Waals surface area (Å²) in [6.45, 7) is 0. The molecule has 0 atom stereocenters. The number of hydrogen-bond acceptors (Lipinski definition) is 5. The van der Waals surface area contributed by atoms with Gasteiger partial charge in [0.15, 0.2) is 0 Å². The fourth-order valence-corrected chi connectivity index (χ4v) is 1.42. The van der Waals surface area contributed by atoms with Gasteiger partial charge in [0.2, 0.25) is 0 Å². The molecule has 0 fully saturated rings. The van der Waals surface area contributed by atoms with Gasteiger partial charge in [-0.05, 0) is 12.1 Å². The molecule has 0 saturated heterocycles. The lowest BCUT2D eigenvalue weighted by atomic mass is 10.3. The second-order valence-electron chi connectivity index (χ2n) is 3.59. The molecule has 1 N–H and O–H groups in total. The highest BCUT2D eigenvalue weighted by Crippen LogP contribution is 2.11. The van der Waals surface area contributed by atoms with Crippen LogP contribution in [0.15, 0.2) is 36.8 Å². The van der Waals surface area contributed by atoms with Gasteiger partial charge in [-0.15, -0.1) is 0 Å². The van der Waals surface area contributed by atoms with Gasteiger partial charge < -0.3 is 5.32 Å². The summed E-state index contributed by atoms with van der Waals surface area (Å²) in [6.07, 6.45) is 4.62. The summed E-state index contributed by atoms with van der Waals surface area (Å²) in [5.74, 6) is 0.868. The minimum atomic E-state index is -0.252. The smallest absolute Gasteiger partial charge is 0.279 e. The second kappa shape index (κ2) is 5.22. The number of hydrogen-bond donors (Lipinski definition) is 1. The minimum Gasteiger partial charge on any atom is -0.372 e. The van der Waals surface area contributed by atoms with E-state index in [4.69, 9.17) is 0 Å². The Kier molecular flexibility index (Phi) is 3.47. The Labute approximate surface area is 105 Å². The van der Waals surface area contributed by atoms with Crippen LogP contribution in [0, 0.1) is 0 Å². The molecule has 0 unspecified atom stereocenters. The van der Waals surface area contributed by atoms with E-state index in [1.165, 1.54) is 11.1 Å². The van der Waals surface area contributed by atoms with Gasteiger partial charge in [-0.2, -0.15) is 0 Å². The summed E-state index contributed by atoms with van der Waals surface area (Å²) in [4.78, 5) is 25.8. The molecule has 2 aromatic rings. The summed E-state index contributed by atoms with van der Waals surface area (Å²) < 4.78 is 0. The second-order valence-corrected chi connectivity index (χ2v) is 3.59. The van der Waals surface area contributed by atoms with E-state index in [9.17, 15) is 4.79 Å². The van der Waals surface area contributed by atoms with Crippen molar-refractivity contribution in [3.63, 3.8) is 0 Å². The van der Waals surface area contributed by atoms with Gasteiger partial charge in [0.1, 0.15) is 17.3 Å². The van der Waals surface area contributed by atoms with Crippen LogP contribution < -0.4 is 10.2 Å². The lowest BCUT2D eigenvalue weighted by Crippen LogP contribution is -2.28. The van der Waals surface area contributed by atoms with E-state index in [1.54, 1.807) is 38.6 Å². The molecule has 0 aliphatic carbocycles. The fraction of sp³-hybridized carbons (Fsp3) is 0.167. The van der Waals surface area contributed by atoms with Crippen molar-refractivity contribution >= 4 is 17.5 Å². The summed E-state index contributed by atoms with van der Waals surface area (Å²) in [6, 6.07) is 5.37. The maximum absolute atomic E-state index is 12.2. The minimum absolute atomic E-state index is 0.252. The van der Waals surface area contributed by atoms with Crippen molar-refractivity contribution in [1.82, 2.24) is 15.0 Å². The molecule has 2 heterocycles. The van der Waals surface area contributed by atoms with Crippen molar-refractivity contribution in [1.29, 1.82) is 0 Å². The maximum atomic E-state index is 12.2. The Balaban J connectivity index is 2.25. The highest BCUT2D eigenvalue weighted by atomic mass is 16.2. The molecule has 0 aromatic carbocycles. The number of amides is 1. The van der Waals surface area contributed by atoms with Crippen molar-refractivity contribution < 1.29 is 4.79 Å². The standard InChI is InChI=1S/C12H13N5O/c1-13-10-8-14-7-9(16-10)12(18)17(2)11-5-3-4-6-15-11/h3-8H,1-2H3,(H,13,16). The first-order valence-electron chi connectivity index (χ1n) is 5.41. The topological polar surface area (TPSA) is 71.0 Å². The Bertz CT molecular complexity index is 543. The van der Waals surface area contributed by atoms with Crippen LogP contribution in [-0.2, 0) is 0 Å². The van der Waals surface area contributed by atoms with Crippen molar-refractivity contribution in [3.8, 4) is 0 Å². The van der Waals surface area contributed by atoms with Crippen LogP contribution in [0.3, 0.4) is 0 Å². The van der Waals surface area contributed by atoms with Gasteiger partial charge in [-0.1, -0.05) is 6.07 Å². The number of carbonyl (C=O) groups is 1. The third kappa shape index (κ3) is 2.42. The summed E-state index contributed by atoms with van der Waals surface area (Å²) >= 11 is 0. The van der Waals surface area contributed by atoms with Crippen molar-refractivity contribution in [3.05, 3.63) is 42.5 Å². The predicted molar refractivity (Wildman–Crippen MR) is 68.5 cm³/mol. The number of nitrogens with one attached hydrogen (secondary N) is 1. The molecular weight excluding hydrogens is 230 g/mol. The predicted octanol–water partition coefficient (Wildman–Crippen LogP) is 1.19. The van der Waals surface area contributed by atoms with E-state index in [0.717, 1.165) is 0 Å². The summed E-state index contributed by atoms with van der Waals surface area (Å²) in [7, 11) is 3.37. The van der Waals surface area contributed by atoms with Crippen LogP contribution in [0.2, 0.25) is 0 Å². The molecule has 92 valence electrons. The van der Waals surface area contributed by atoms with Crippen LogP contribution in [0.1, 0.15) is 10.5 Å². The zero-order valence-electron chi connectivity index (χ0n) is 10.2. The van der Waals surface area contributed by atoms with Crippen LogP contribution in [0.4, 0.5) is 11.6 Å². The Morgan fingerprint density at radius 2 is 2.17 bits per heavy atom. The van der Waals surface area contributed by atoms with Gasteiger partial charge in [0.25, 0.3) is 5.91 Å². The number of anilines is 2. The normalized spacial score (nSPS) is 9.89. The quantitative estimate of drug-likeness (QED) is 0.876. The van der Waals surface area contributed by atoms with E-state index in [-0.39, 0.29) is 11.6 Å². The summed E-state index contributed by atoms with van der Waals surface area (Å²) in [5, 5.41) is 2.84. The van der Waals surface area contributed by atoms with E-state index in [0.29, 0.717) is 11.6 Å². The number of pyridine rings is 1. The molecule has 0 radical (unpaired) electrons. The lowest BCUT2D eigenvalue weighted by molar-refractivity contribution is 0.0987. The molecule has 2 rings (SSSR count). The van der Waals surface area contributed by atoms with Gasteiger partial charge >= 0.3 is 0 Å². The third-order valence-corrected chi connectivity index (χ3v) is 2.41. The van der Waals surface area contributed by atoms with E-state index in [2.05, 4.69) is 20.3 Å². The first kappa shape index (κ1) is 12.0. The molecule has 6 heteroatoms. The van der Waals surface area contributed by atoms with Crippen molar-refractivity contribution in [2.24, 2.45) is 0 Å². The number of carbonyl (C=O) groups excluding carboxylic acids is 1. The van der Waals surface area contributed by atoms with Gasteiger partial charge in [-0.25, -0.2) is 9.97 Å². The SMILES string of the molecule is CNc1cncc(C(=O)N(C)c2ccccn2)n1. The molecule has 0 aliphatic heterocycles. The Hall–Kier alpha value is -2.50. The first-order valence-corrected chi connectivity index (χ1v) is 5.41. The van der Waals surface area contributed by atoms with Crippen molar-refractivity contribution in [2.45, 2.75) is 0 Å². The zero-order chi connectivity index (χ0) is 13.0. The van der Waals surface area contributed by atoms with Crippen LogP contribution in [0.5, 0.6) is 0 Å². The third-order valence-electron chi connectivity index (χ3n) is 2.41. The van der Waals surface area contributed by atoms with Gasteiger partial charge in [-0.3, -0.25) is 14.7 Å². The average Bonchev–Trinajstić information content (AvgIpc) is 2.46. The zero-order valence-corrected chi connectivity index (χ0v) is 10.2. The van der Waals surface area contributed by atoms with Gasteiger partial charge in [0.05, 0.1) is 12.4 Å². The molecular formula is C12H13N5O. The highest BCUT2D eigenvalue weighted by molar-refractivity contribution is 6.03. The van der Waals surface area contributed by atoms with E-state index in [1.807, 2.05) is 6.07 Å². The Morgan fingerprint density at radius 1 is 1.33 bits per heavy atom. The van der Waals surface area contributed by atoms with Crippen LogP contribution in [0.25, 0.3) is 0 Å². The maximum Gasteiger partial charge on any atom is 0.279 e. The van der Waals surface area contributed by atoms with Crippen LogP contribution in [-0.4, -0.2) is 35.0 Å². The van der Waals surface area contributed by atoms with Gasteiger partial charge in [0, 0.05) is 20.3 Å². The molecule has 0 bridgehead atoms. The molecule has 0 saturated carbocycles. The van der Waals surface area contributed by atoms with E-state index < -0.39 is 0 Å². The van der Waals surface area contributed by atoms with E-state index >= 15 is 0 Å². The number of aromatic nitrogens is 3. The number of nitrogens with zero attached hydrogens (tertiary/aromatic N) is 4. The molecule has 6 nitrogen and oxygen atoms in total. The fourth-order valence-electron chi connectivity index (χ4n) is 1.42.